The molecular formula is C21H39IN4O2. The zero-order chi connectivity index (χ0) is 19.9. The summed E-state index contributed by atoms with van der Waals surface area (Å²) in [6.07, 6.45) is 1.10. The van der Waals surface area contributed by atoms with E-state index in [0.717, 1.165) is 49.9 Å². The number of para-hydroxylation sites is 1. The summed E-state index contributed by atoms with van der Waals surface area (Å²) in [5.74, 6) is 2.38. The lowest BCUT2D eigenvalue weighted by Crippen LogP contribution is -2.39. The molecule has 2 N–H and O–H groups in total. The van der Waals surface area contributed by atoms with Crippen molar-refractivity contribution in [2.75, 3.05) is 53.6 Å². The van der Waals surface area contributed by atoms with Gasteiger partial charge in [-0.25, -0.2) is 4.99 Å². The first kappa shape index (κ1) is 26.9. The van der Waals surface area contributed by atoms with E-state index < -0.39 is 0 Å². The maximum Gasteiger partial charge on any atom is 0.191 e. The third-order valence-corrected chi connectivity index (χ3v) is 3.90. The van der Waals surface area contributed by atoms with Crippen LogP contribution in [0.4, 0.5) is 0 Å². The van der Waals surface area contributed by atoms with Crippen LogP contribution in [0.15, 0.2) is 29.3 Å². The molecule has 0 atom stereocenters. The summed E-state index contributed by atoms with van der Waals surface area (Å²) in [7, 11) is 4.08. The number of benzene rings is 1. The molecule has 0 saturated carbocycles. The van der Waals surface area contributed by atoms with Crippen molar-refractivity contribution >= 4 is 29.9 Å². The molecule has 0 spiro atoms. The van der Waals surface area contributed by atoms with Crippen LogP contribution in [0.2, 0.25) is 0 Å². The number of aliphatic imine (C=N–C) groups is 1. The summed E-state index contributed by atoms with van der Waals surface area (Å²) in [5.41, 5.74) is 1.08. The van der Waals surface area contributed by atoms with Crippen LogP contribution in [0.25, 0.3) is 0 Å². The maximum atomic E-state index is 5.91. The summed E-state index contributed by atoms with van der Waals surface area (Å²) in [6.45, 7) is 11.7. The minimum absolute atomic E-state index is 0. The number of hydrogen-bond acceptors (Lipinski definition) is 4. The molecule has 1 aromatic carbocycles. The molecule has 0 fully saturated rings. The summed E-state index contributed by atoms with van der Waals surface area (Å²) in [6, 6.07) is 8.08. The summed E-state index contributed by atoms with van der Waals surface area (Å²) in [5, 5.41) is 6.60. The van der Waals surface area contributed by atoms with Crippen LogP contribution in [0.3, 0.4) is 0 Å². The number of hydrogen-bond donors (Lipinski definition) is 2. The molecular weight excluding hydrogens is 467 g/mol. The summed E-state index contributed by atoms with van der Waals surface area (Å²) < 4.78 is 11.6. The van der Waals surface area contributed by atoms with Gasteiger partial charge in [0.1, 0.15) is 12.4 Å². The molecule has 0 unspecified atom stereocenters. The van der Waals surface area contributed by atoms with Crippen molar-refractivity contribution in [2.45, 2.75) is 33.7 Å². The van der Waals surface area contributed by atoms with E-state index in [9.17, 15) is 0 Å². The average molecular weight is 506 g/mol. The molecule has 0 bridgehead atoms. The molecule has 162 valence electrons. The number of guanidine groups is 1. The van der Waals surface area contributed by atoms with Gasteiger partial charge in [-0.05, 0) is 39.4 Å². The Morgan fingerprint density at radius 3 is 2.54 bits per heavy atom. The predicted molar refractivity (Wildman–Crippen MR) is 129 cm³/mol. The van der Waals surface area contributed by atoms with Gasteiger partial charge in [-0.1, -0.05) is 32.0 Å². The molecule has 0 aromatic heterocycles. The zero-order valence-electron chi connectivity index (χ0n) is 18.2. The summed E-state index contributed by atoms with van der Waals surface area (Å²) in [4.78, 5) is 6.79. The van der Waals surface area contributed by atoms with Gasteiger partial charge in [-0.2, -0.15) is 0 Å². The standard InChI is InChI=1S/C21H38N4O2.HI/c1-6-22-21(23-12-15-26-14-11-18(2)3)24-17-19-9-7-8-10-20(19)27-16-13-25(4)5;/h7-10,18H,6,11-17H2,1-5H3,(H2,22,23,24);1H. The molecule has 0 aliphatic rings. The van der Waals surface area contributed by atoms with Crippen LogP contribution in [-0.4, -0.2) is 64.4 Å². The van der Waals surface area contributed by atoms with Gasteiger partial charge in [-0.3, -0.25) is 0 Å². The fourth-order valence-electron chi connectivity index (χ4n) is 2.28. The van der Waals surface area contributed by atoms with Gasteiger partial charge in [0.2, 0.25) is 0 Å². The predicted octanol–water partition coefficient (Wildman–Crippen LogP) is 3.36. The maximum absolute atomic E-state index is 5.91. The molecule has 0 saturated heterocycles. The van der Waals surface area contributed by atoms with E-state index in [1.807, 2.05) is 32.3 Å². The molecule has 1 aromatic rings. The lowest BCUT2D eigenvalue weighted by molar-refractivity contribution is 0.128. The first-order chi connectivity index (χ1) is 13.0. The Bertz CT molecular complexity index is 539. The second-order valence-electron chi connectivity index (χ2n) is 7.18. The van der Waals surface area contributed by atoms with Crippen LogP contribution in [0.1, 0.15) is 32.8 Å². The number of likely N-dealkylation sites (N-methyl/N-ethyl adjacent to an activating group) is 1. The third kappa shape index (κ3) is 13.2. The Hall–Kier alpha value is -1.06. The fourth-order valence-corrected chi connectivity index (χ4v) is 2.28. The SMILES string of the molecule is CCNC(=NCc1ccccc1OCCN(C)C)NCCOCCC(C)C.I. The van der Waals surface area contributed by atoms with Crippen LogP contribution in [0, 0.1) is 5.92 Å². The van der Waals surface area contributed by atoms with Crippen molar-refractivity contribution in [3.05, 3.63) is 29.8 Å². The highest BCUT2D eigenvalue weighted by molar-refractivity contribution is 14.0. The van der Waals surface area contributed by atoms with Crippen molar-refractivity contribution in [3.63, 3.8) is 0 Å². The minimum atomic E-state index is 0. The average Bonchev–Trinajstić information content (AvgIpc) is 2.62. The van der Waals surface area contributed by atoms with Gasteiger partial charge >= 0.3 is 0 Å². The van der Waals surface area contributed by atoms with E-state index in [2.05, 4.69) is 47.4 Å². The molecule has 28 heavy (non-hydrogen) atoms. The number of rotatable bonds is 13. The molecule has 0 radical (unpaired) electrons. The van der Waals surface area contributed by atoms with Gasteiger partial charge in [0.25, 0.3) is 0 Å². The highest BCUT2D eigenvalue weighted by Gasteiger charge is 2.04. The lowest BCUT2D eigenvalue weighted by atomic mass is 10.1. The van der Waals surface area contributed by atoms with E-state index in [1.165, 1.54) is 0 Å². The van der Waals surface area contributed by atoms with Gasteiger partial charge in [0.15, 0.2) is 5.96 Å². The molecule has 6 nitrogen and oxygen atoms in total. The lowest BCUT2D eigenvalue weighted by Gasteiger charge is -2.14. The van der Waals surface area contributed by atoms with Gasteiger partial charge < -0.3 is 25.0 Å². The minimum Gasteiger partial charge on any atom is -0.492 e. The quantitative estimate of drug-likeness (QED) is 0.186. The van der Waals surface area contributed by atoms with E-state index in [1.54, 1.807) is 0 Å². The zero-order valence-corrected chi connectivity index (χ0v) is 20.5. The van der Waals surface area contributed by atoms with Gasteiger partial charge in [0.05, 0.1) is 13.2 Å². The molecule has 1 rings (SSSR count). The van der Waals surface area contributed by atoms with Crippen LogP contribution in [0.5, 0.6) is 5.75 Å². The topological polar surface area (TPSA) is 58.1 Å². The van der Waals surface area contributed by atoms with E-state index in [4.69, 9.17) is 9.47 Å². The number of halogens is 1. The number of nitrogens with zero attached hydrogens (tertiary/aromatic N) is 2. The van der Waals surface area contributed by atoms with E-state index >= 15 is 0 Å². The second-order valence-corrected chi connectivity index (χ2v) is 7.18. The van der Waals surface area contributed by atoms with Crippen molar-refractivity contribution in [1.29, 1.82) is 0 Å². The molecule has 0 aliphatic heterocycles. The van der Waals surface area contributed by atoms with E-state index in [0.29, 0.717) is 25.7 Å². The first-order valence-electron chi connectivity index (χ1n) is 9.98. The molecule has 0 amide bonds. The highest BCUT2D eigenvalue weighted by Crippen LogP contribution is 2.18. The van der Waals surface area contributed by atoms with Crippen molar-refractivity contribution in [2.24, 2.45) is 10.9 Å². The van der Waals surface area contributed by atoms with Crippen molar-refractivity contribution in [3.8, 4) is 5.75 Å². The fraction of sp³-hybridized carbons (Fsp3) is 0.667. The van der Waals surface area contributed by atoms with Crippen LogP contribution >= 0.6 is 24.0 Å². The van der Waals surface area contributed by atoms with Gasteiger partial charge in [-0.15, -0.1) is 24.0 Å². The Morgan fingerprint density at radius 2 is 1.86 bits per heavy atom. The Balaban J connectivity index is 0.00000729. The second kappa shape index (κ2) is 16.9. The monoisotopic (exact) mass is 506 g/mol. The Kier molecular flexibility index (Phi) is 16.2. The van der Waals surface area contributed by atoms with Crippen molar-refractivity contribution in [1.82, 2.24) is 15.5 Å². The smallest absolute Gasteiger partial charge is 0.191 e. The normalized spacial score (nSPS) is 11.5. The Morgan fingerprint density at radius 1 is 1.11 bits per heavy atom. The van der Waals surface area contributed by atoms with Gasteiger partial charge in [0, 0.05) is 31.8 Å². The molecule has 0 heterocycles. The summed E-state index contributed by atoms with van der Waals surface area (Å²) >= 11 is 0. The first-order valence-corrected chi connectivity index (χ1v) is 9.98. The van der Waals surface area contributed by atoms with Crippen LogP contribution < -0.4 is 15.4 Å². The number of nitrogens with one attached hydrogen (secondary N) is 2. The highest BCUT2D eigenvalue weighted by atomic mass is 127. The molecule has 7 heteroatoms. The largest absolute Gasteiger partial charge is 0.492 e. The third-order valence-electron chi connectivity index (χ3n) is 3.90. The number of ether oxygens (including phenoxy) is 2. The van der Waals surface area contributed by atoms with E-state index in [-0.39, 0.29) is 24.0 Å². The van der Waals surface area contributed by atoms with Crippen molar-refractivity contribution < 1.29 is 9.47 Å². The molecule has 0 aliphatic carbocycles. The Labute approximate surface area is 188 Å². The van der Waals surface area contributed by atoms with Crippen LogP contribution in [-0.2, 0) is 11.3 Å².